The Bertz CT molecular complexity index is 94.3. The van der Waals surface area contributed by atoms with Crippen LogP contribution in [0.4, 0.5) is 0 Å². The maximum absolute atomic E-state index is 2.42. The van der Waals surface area contributed by atoms with E-state index in [9.17, 15) is 0 Å². The van der Waals surface area contributed by atoms with Gasteiger partial charge in [0, 0.05) is 13.3 Å². The zero-order valence-corrected chi connectivity index (χ0v) is 12.8. The molecule has 0 heterocycles. The quantitative estimate of drug-likeness (QED) is 0.445. The Morgan fingerprint density at radius 1 is 0.714 bits per heavy atom. The van der Waals surface area contributed by atoms with Crippen molar-refractivity contribution in [3.63, 3.8) is 0 Å². The largest absolute Gasteiger partial charge is 1.00 e. The first-order chi connectivity index (χ1) is 6.27. The van der Waals surface area contributed by atoms with E-state index in [0.717, 1.165) is 0 Å². The Kier molecular flexibility index (Phi) is 17.2. The molecule has 14 heavy (non-hydrogen) atoms. The van der Waals surface area contributed by atoms with E-state index in [-0.39, 0.29) is 24.9 Å². The second-order valence-electron chi connectivity index (χ2n) is 4.43. The second kappa shape index (κ2) is 13.9. The van der Waals surface area contributed by atoms with Gasteiger partial charge in [0.1, 0.15) is 0 Å². The molecule has 0 nitrogen and oxygen atoms in total. The Balaban J connectivity index is 0. The van der Waals surface area contributed by atoms with Gasteiger partial charge in [0.05, 0.1) is 6.16 Å². The smallest absolute Gasteiger partial charge is 0.0566 e. The molecule has 0 aromatic rings. The van der Waals surface area contributed by atoms with Crippen molar-refractivity contribution in [3.8, 4) is 0 Å². The van der Waals surface area contributed by atoms with E-state index in [1.807, 2.05) is 0 Å². The molecule has 0 saturated carbocycles. The molecule has 2 heteroatoms. The highest BCUT2D eigenvalue weighted by atomic mass is 79.9. The van der Waals surface area contributed by atoms with Crippen LogP contribution in [0, 0.1) is 0 Å². The molecule has 0 aromatic carbocycles. The maximum atomic E-state index is 2.42. The third kappa shape index (κ3) is 15.4. The zero-order chi connectivity index (χ0) is 9.94. The lowest BCUT2D eigenvalue weighted by atomic mass is 10.1. The molecule has 0 aliphatic carbocycles. The molecule has 0 aromatic heterocycles. The van der Waals surface area contributed by atoms with E-state index in [2.05, 4.69) is 20.3 Å². The number of rotatable bonds is 9. The third-order valence-electron chi connectivity index (χ3n) is 2.53. The monoisotopic (exact) mass is 282 g/mol. The van der Waals surface area contributed by atoms with E-state index in [1.165, 1.54) is 57.5 Å². The van der Waals surface area contributed by atoms with Crippen LogP contribution in [-0.2, 0) is 0 Å². The van der Waals surface area contributed by atoms with Gasteiger partial charge in [-0.15, -0.1) is 0 Å². The molecular formula is C12H28BrP. The molecule has 0 rings (SSSR count). The predicted molar refractivity (Wildman–Crippen MR) is 67.6 cm³/mol. The minimum absolute atomic E-state index is 0. The lowest BCUT2D eigenvalue weighted by Crippen LogP contribution is -3.00. The van der Waals surface area contributed by atoms with E-state index in [0.29, 0.717) is 0 Å². The Morgan fingerprint density at radius 2 is 1.14 bits per heavy atom. The standard InChI is InChI=1S/C12H27P.BrH/c1-4-5-6-7-8-9-10-11-12-13(2)3;/h4-12H2,1-3H3;1H. The first-order valence-corrected chi connectivity index (χ1v) is 8.77. The van der Waals surface area contributed by atoms with Gasteiger partial charge in [0.2, 0.25) is 0 Å². The van der Waals surface area contributed by atoms with Gasteiger partial charge < -0.3 is 17.0 Å². The van der Waals surface area contributed by atoms with Gasteiger partial charge in [-0.2, -0.15) is 0 Å². The zero-order valence-electron chi connectivity index (χ0n) is 10.2. The average molecular weight is 283 g/mol. The number of halogens is 1. The lowest BCUT2D eigenvalue weighted by Gasteiger charge is -2.00. The first-order valence-electron chi connectivity index (χ1n) is 6.06. The number of hydrogen-bond acceptors (Lipinski definition) is 0. The van der Waals surface area contributed by atoms with Crippen molar-refractivity contribution in [1.82, 2.24) is 0 Å². The van der Waals surface area contributed by atoms with E-state index in [4.69, 9.17) is 0 Å². The molecule has 0 fully saturated rings. The number of hydrogen-bond donors (Lipinski definition) is 0. The highest BCUT2D eigenvalue weighted by Gasteiger charge is 1.98. The highest BCUT2D eigenvalue weighted by molar-refractivity contribution is 7.55. The average Bonchev–Trinajstić information content (AvgIpc) is 2.09. The minimum atomic E-state index is 0. The van der Waals surface area contributed by atoms with Crippen molar-refractivity contribution in [2.75, 3.05) is 19.5 Å². The van der Waals surface area contributed by atoms with Gasteiger partial charge in [-0.05, 0) is 20.8 Å². The Hall–Kier alpha value is 0.910. The fraction of sp³-hybridized carbons (Fsp3) is 1.00. The third-order valence-corrected chi connectivity index (χ3v) is 3.88. The predicted octanol–water partition coefficient (Wildman–Crippen LogP) is 1.60. The molecule has 0 amide bonds. The van der Waals surface area contributed by atoms with Gasteiger partial charge in [0.15, 0.2) is 0 Å². The van der Waals surface area contributed by atoms with E-state index in [1.54, 1.807) is 0 Å². The molecular weight excluding hydrogens is 255 g/mol. The molecule has 0 atom stereocenters. The molecule has 0 N–H and O–H groups in total. The van der Waals surface area contributed by atoms with Crippen LogP contribution in [0.3, 0.4) is 0 Å². The maximum Gasteiger partial charge on any atom is 0.0566 e. The first kappa shape index (κ1) is 17.3. The fourth-order valence-corrected chi connectivity index (χ4v) is 2.57. The van der Waals surface area contributed by atoms with Gasteiger partial charge in [-0.25, -0.2) is 0 Å². The van der Waals surface area contributed by atoms with Crippen LogP contribution in [0.5, 0.6) is 0 Å². The van der Waals surface area contributed by atoms with Gasteiger partial charge in [-0.1, -0.05) is 45.4 Å². The van der Waals surface area contributed by atoms with Crippen LogP contribution >= 0.6 is 7.92 Å². The van der Waals surface area contributed by atoms with Gasteiger partial charge in [-0.3, -0.25) is 0 Å². The van der Waals surface area contributed by atoms with Crippen molar-refractivity contribution in [3.05, 3.63) is 0 Å². The van der Waals surface area contributed by atoms with Crippen LogP contribution in [-0.4, -0.2) is 19.5 Å². The Morgan fingerprint density at radius 3 is 1.57 bits per heavy atom. The highest BCUT2D eigenvalue weighted by Crippen LogP contribution is 2.26. The van der Waals surface area contributed by atoms with Crippen LogP contribution in [0.2, 0.25) is 0 Å². The molecule has 88 valence electrons. The summed E-state index contributed by atoms with van der Waals surface area (Å²) in [6, 6.07) is 0. The lowest BCUT2D eigenvalue weighted by molar-refractivity contribution is -0.00000306. The van der Waals surface area contributed by atoms with Crippen molar-refractivity contribution in [2.45, 2.75) is 58.3 Å². The molecule has 0 aliphatic heterocycles. The van der Waals surface area contributed by atoms with Crippen LogP contribution in [0.15, 0.2) is 0 Å². The molecule has 0 aliphatic rings. The summed E-state index contributed by atoms with van der Waals surface area (Å²) >= 11 is 0. The molecule has 0 saturated heterocycles. The summed E-state index contributed by atoms with van der Waals surface area (Å²) in [5.74, 6) is 0. The summed E-state index contributed by atoms with van der Waals surface area (Å²) in [6.07, 6.45) is 13.2. The fourth-order valence-electron chi connectivity index (χ4n) is 1.61. The van der Waals surface area contributed by atoms with Crippen molar-refractivity contribution >= 4 is 7.92 Å². The summed E-state index contributed by atoms with van der Waals surface area (Å²) in [5.41, 5.74) is 0. The Labute approximate surface area is 103 Å². The van der Waals surface area contributed by atoms with Crippen molar-refractivity contribution in [1.29, 1.82) is 0 Å². The summed E-state index contributed by atoms with van der Waals surface area (Å²) < 4.78 is 0. The number of unbranched alkanes of at least 4 members (excludes halogenated alkanes) is 7. The normalized spacial score (nSPS) is 10.3. The summed E-state index contributed by atoms with van der Waals surface area (Å²) in [4.78, 5) is 0. The van der Waals surface area contributed by atoms with Crippen molar-refractivity contribution in [2.24, 2.45) is 0 Å². The van der Waals surface area contributed by atoms with Crippen LogP contribution in [0.1, 0.15) is 58.3 Å². The second-order valence-corrected chi connectivity index (χ2v) is 7.35. The summed E-state index contributed by atoms with van der Waals surface area (Å²) in [5, 5.41) is 0. The van der Waals surface area contributed by atoms with Crippen molar-refractivity contribution < 1.29 is 17.0 Å². The van der Waals surface area contributed by atoms with Gasteiger partial charge >= 0.3 is 0 Å². The molecule has 0 bridgehead atoms. The molecule has 0 spiro atoms. The van der Waals surface area contributed by atoms with Crippen LogP contribution in [0.25, 0.3) is 0 Å². The SMILES string of the molecule is CCCCCCCCCC[PH+](C)C.[Br-]. The molecule has 0 radical (unpaired) electrons. The topological polar surface area (TPSA) is 0 Å². The van der Waals surface area contributed by atoms with E-state index < -0.39 is 0 Å². The van der Waals surface area contributed by atoms with Gasteiger partial charge in [0.25, 0.3) is 0 Å². The van der Waals surface area contributed by atoms with E-state index >= 15 is 0 Å². The van der Waals surface area contributed by atoms with Crippen LogP contribution < -0.4 is 17.0 Å². The summed E-state index contributed by atoms with van der Waals surface area (Å²) in [7, 11) is 0.0644. The summed E-state index contributed by atoms with van der Waals surface area (Å²) in [6.45, 7) is 7.13. The minimum Gasteiger partial charge on any atom is -1.00 e. The molecule has 0 unspecified atom stereocenters.